The molecule has 11 aromatic rings. The van der Waals surface area contributed by atoms with Crippen LogP contribution < -0.4 is 0 Å². The number of thiophene rings is 2. The van der Waals surface area contributed by atoms with Crippen molar-refractivity contribution in [3.63, 3.8) is 0 Å². The van der Waals surface area contributed by atoms with Crippen LogP contribution in [0.15, 0.2) is 144 Å². The van der Waals surface area contributed by atoms with E-state index in [9.17, 15) is 0 Å². The van der Waals surface area contributed by atoms with Crippen molar-refractivity contribution in [1.82, 2.24) is 4.57 Å². The highest BCUT2D eigenvalue weighted by Gasteiger charge is 2.20. The number of hydrogen-bond donors (Lipinski definition) is 0. The maximum atomic E-state index is 6.66. The fraction of sp³-hybridized carbons (Fsp3) is 0. The molecule has 11 rings (SSSR count). The lowest BCUT2D eigenvalue weighted by molar-refractivity contribution is 0.669. The molecule has 0 amide bonds. The van der Waals surface area contributed by atoms with E-state index in [0.29, 0.717) is 0 Å². The molecule has 0 atom stereocenters. The second kappa shape index (κ2) is 9.07. The van der Waals surface area contributed by atoms with E-state index in [1.807, 2.05) is 22.7 Å². The summed E-state index contributed by atoms with van der Waals surface area (Å²) in [6, 6.07) is 50.9. The van der Waals surface area contributed by atoms with Crippen molar-refractivity contribution in [2.24, 2.45) is 0 Å². The van der Waals surface area contributed by atoms with Gasteiger partial charge in [-0.1, -0.05) is 84.9 Å². The fourth-order valence-electron chi connectivity index (χ4n) is 7.58. The van der Waals surface area contributed by atoms with Gasteiger partial charge in [0.05, 0.1) is 22.1 Å². The van der Waals surface area contributed by atoms with Crippen molar-refractivity contribution in [2.45, 2.75) is 0 Å². The van der Waals surface area contributed by atoms with Gasteiger partial charge in [-0.05, 0) is 65.7 Å². The third-order valence-electron chi connectivity index (χ3n) is 9.60. The van der Waals surface area contributed by atoms with E-state index < -0.39 is 0 Å². The Morgan fingerprint density at radius 3 is 2.07 bits per heavy atom. The molecule has 0 aliphatic heterocycles. The zero-order valence-corrected chi connectivity index (χ0v) is 26.1. The lowest BCUT2D eigenvalue weighted by Crippen LogP contribution is -1.94. The van der Waals surface area contributed by atoms with E-state index in [4.69, 9.17) is 4.42 Å². The smallest absolute Gasteiger partial charge is 0.137 e. The summed E-state index contributed by atoms with van der Waals surface area (Å²) in [5, 5.41) is 10.1. The van der Waals surface area contributed by atoms with Crippen molar-refractivity contribution in [3.05, 3.63) is 140 Å². The van der Waals surface area contributed by atoms with E-state index in [1.54, 1.807) is 0 Å². The molecule has 0 N–H and O–H groups in total. The zero-order valence-electron chi connectivity index (χ0n) is 24.5. The van der Waals surface area contributed by atoms with Gasteiger partial charge >= 0.3 is 0 Å². The number of furan rings is 1. The summed E-state index contributed by atoms with van der Waals surface area (Å²) < 4.78 is 14.4. The molecule has 46 heavy (non-hydrogen) atoms. The molecule has 0 fully saturated rings. The summed E-state index contributed by atoms with van der Waals surface area (Å²) in [4.78, 5) is 0. The van der Waals surface area contributed by atoms with Crippen molar-refractivity contribution < 1.29 is 4.42 Å². The highest BCUT2D eigenvalue weighted by molar-refractivity contribution is 7.26. The molecule has 0 bridgehead atoms. The second-order valence-corrected chi connectivity index (χ2v) is 14.2. The van der Waals surface area contributed by atoms with Gasteiger partial charge in [-0.25, -0.2) is 0 Å². The van der Waals surface area contributed by atoms with Gasteiger partial charge in [0.2, 0.25) is 0 Å². The molecule has 0 saturated heterocycles. The number of benzene rings is 7. The summed E-state index contributed by atoms with van der Waals surface area (Å²) >= 11 is 3.74. The van der Waals surface area contributed by atoms with Crippen LogP contribution in [0.4, 0.5) is 0 Å². The fourth-order valence-corrected chi connectivity index (χ4v) is 9.95. The normalized spacial score (nSPS) is 12.3. The Labute approximate surface area is 270 Å². The van der Waals surface area contributed by atoms with Crippen LogP contribution in [0.25, 0.3) is 101 Å². The van der Waals surface area contributed by atoms with Gasteiger partial charge < -0.3 is 8.98 Å². The molecule has 0 radical (unpaired) electrons. The van der Waals surface area contributed by atoms with Crippen molar-refractivity contribution in [3.8, 4) is 16.8 Å². The number of para-hydroxylation sites is 1. The number of fused-ring (bicyclic) bond motifs is 12. The van der Waals surface area contributed by atoms with Crippen molar-refractivity contribution in [1.29, 1.82) is 0 Å². The minimum atomic E-state index is 0.901. The van der Waals surface area contributed by atoms with Gasteiger partial charge in [-0.2, -0.15) is 0 Å². The number of nitrogens with zero attached hydrogens (tertiary/aromatic N) is 1. The molecule has 7 aromatic carbocycles. The largest absolute Gasteiger partial charge is 0.456 e. The lowest BCUT2D eigenvalue weighted by atomic mass is 10.0. The molecule has 2 nitrogen and oxygen atoms in total. The van der Waals surface area contributed by atoms with Crippen LogP contribution in [0.3, 0.4) is 0 Å². The number of aromatic nitrogens is 1. The minimum Gasteiger partial charge on any atom is -0.456 e. The molecule has 4 aromatic heterocycles. The predicted octanol–water partition coefficient (Wildman–Crippen LogP) is 13.1. The van der Waals surface area contributed by atoms with Crippen molar-refractivity contribution >= 4 is 107 Å². The van der Waals surface area contributed by atoms with E-state index in [-0.39, 0.29) is 0 Å². The second-order valence-electron chi connectivity index (χ2n) is 12.1. The molecular weight excluding hydrogens is 599 g/mol. The molecule has 0 unspecified atom stereocenters. The van der Waals surface area contributed by atoms with E-state index >= 15 is 0 Å². The first-order valence-electron chi connectivity index (χ1n) is 15.5. The van der Waals surface area contributed by atoms with Gasteiger partial charge in [0.15, 0.2) is 0 Å². The standard InChI is InChI=1S/C42H23NOS2/c1-4-14-33-26(9-1)31-23-40-32(28-11-3-5-17-38(28)45-40)22-35(31)43(33)34-15-8-16-36-41(34)30-20-19-24(21-37(30)44-36)25-12-7-13-29-27-10-2-6-18-39(27)46-42(25)29/h1-23H. The van der Waals surface area contributed by atoms with Gasteiger partial charge in [-0.15, -0.1) is 22.7 Å². The van der Waals surface area contributed by atoms with E-state index in [2.05, 4.69) is 144 Å². The summed E-state index contributed by atoms with van der Waals surface area (Å²) in [7, 11) is 0. The van der Waals surface area contributed by atoms with Gasteiger partial charge in [0, 0.05) is 56.5 Å². The number of hydrogen-bond acceptors (Lipinski definition) is 3. The van der Waals surface area contributed by atoms with Crippen LogP contribution in [0, 0.1) is 0 Å². The Hall–Kier alpha value is -5.42. The zero-order chi connectivity index (χ0) is 29.9. The van der Waals surface area contributed by atoms with Crippen LogP contribution in [0.5, 0.6) is 0 Å². The molecule has 0 aliphatic carbocycles. The predicted molar refractivity (Wildman–Crippen MR) is 199 cm³/mol. The van der Waals surface area contributed by atoms with Gasteiger partial charge in [0.1, 0.15) is 11.2 Å². The Bertz CT molecular complexity index is 3040. The Morgan fingerprint density at radius 1 is 0.435 bits per heavy atom. The summed E-state index contributed by atoms with van der Waals surface area (Å²) in [5.74, 6) is 0. The average Bonchev–Trinajstić information content (AvgIpc) is 3.85. The molecule has 214 valence electrons. The topological polar surface area (TPSA) is 18.1 Å². The van der Waals surface area contributed by atoms with Crippen LogP contribution >= 0.6 is 22.7 Å². The number of rotatable bonds is 2. The molecule has 0 spiro atoms. The third-order valence-corrected chi connectivity index (χ3v) is 12.0. The highest BCUT2D eigenvalue weighted by Crippen LogP contribution is 2.44. The van der Waals surface area contributed by atoms with Crippen LogP contribution in [-0.2, 0) is 0 Å². The van der Waals surface area contributed by atoms with Gasteiger partial charge in [0.25, 0.3) is 0 Å². The monoisotopic (exact) mass is 621 g/mol. The van der Waals surface area contributed by atoms with Crippen LogP contribution in [0.2, 0.25) is 0 Å². The summed E-state index contributed by atoms with van der Waals surface area (Å²) in [6.07, 6.45) is 0. The van der Waals surface area contributed by atoms with Gasteiger partial charge in [-0.3, -0.25) is 0 Å². The molecular formula is C42H23NOS2. The van der Waals surface area contributed by atoms with Crippen molar-refractivity contribution in [2.75, 3.05) is 0 Å². The van der Waals surface area contributed by atoms with Crippen LogP contribution in [0.1, 0.15) is 0 Å². The minimum absolute atomic E-state index is 0.901. The van der Waals surface area contributed by atoms with Crippen LogP contribution in [-0.4, -0.2) is 4.57 Å². The van der Waals surface area contributed by atoms with E-state index in [1.165, 1.54) is 73.3 Å². The summed E-state index contributed by atoms with van der Waals surface area (Å²) in [5.41, 5.74) is 7.79. The molecule has 0 saturated carbocycles. The SMILES string of the molecule is c1cc(-n2c3ccccc3c3cc4sc5ccccc5c4cc32)c2c(c1)oc1cc(-c3cccc4c3sc3ccccc34)ccc12. The Morgan fingerprint density at radius 2 is 1.17 bits per heavy atom. The maximum Gasteiger partial charge on any atom is 0.137 e. The highest BCUT2D eigenvalue weighted by atomic mass is 32.1. The molecule has 4 heteroatoms. The van der Waals surface area contributed by atoms with E-state index in [0.717, 1.165) is 27.6 Å². The third kappa shape index (κ3) is 3.30. The Kier molecular flexibility index (Phi) is 4.90. The summed E-state index contributed by atoms with van der Waals surface area (Å²) in [6.45, 7) is 0. The Balaban J connectivity index is 1.18. The quantitative estimate of drug-likeness (QED) is 0.188. The average molecular weight is 622 g/mol. The first-order valence-corrected chi connectivity index (χ1v) is 17.1. The first kappa shape index (κ1) is 24.8. The first-order chi connectivity index (χ1) is 22.8. The molecule has 0 aliphatic rings. The lowest BCUT2D eigenvalue weighted by Gasteiger charge is -2.10. The maximum absolute atomic E-state index is 6.66. The molecule has 4 heterocycles.